The van der Waals surface area contributed by atoms with Crippen LogP contribution in [-0.2, 0) is 11.3 Å². The Morgan fingerprint density at radius 2 is 2.05 bits per heavy atom. The second-order valence-corrected chi connectivity index (χ2v) is 6.93. The zero-order valence-corrected chi connectivity index (χ0v) is 14.0. The van der Waals surface area contributed by atoms with Crippen molar-refractivity contribution < 1.29 is 4.74 Å². The number of nitrogens with zero attached hydrogens (tertiary/aromatic N) is 2. The van der Waals surface area contributed by atoms with Crippen LogP contribution in [0.4, 0.5) is 5.69 Å². The lowest BCUT2D eigenvalue weighted by molar-refractivity contribution is 0.122. The van der Waals surface area contributed by atoms with Crippen molar-refractivity contribution in [2.45, 2.75) is 25.4 Å². The van der Waals surface area contributed by atoms with E-state index in [1.54, 1.807) is 0 Å². The van der Waals surface area contributed by atoms with E-state index in [1.807, 2.05) is 0 Å². The molecule has 0 spiro atoms. The van der Waals surface area contributed by atoms with Gasteiger partial charge in [0.2, 0.25) is 0 Å². The molecule has 21 heavy (non-hydrogen) atoms. The van der Waals surface area contributed by atoms with E-state index in [9.17, 15) is 0 Å². The number of likely N-dealkylation sites (tertiary alicyclic amines) is 1. The van der Waals surface area contributed by atoms with Crippen LogP contribution in [0.3, 0.4) is 0 Å². The number of hydrogen-bond donors (Lipinski definition) is 1. The lowest BCUT2D eigenvalue weighted by Crippen LogP contribution is -2.42. The van der Waals surface area contributed by atoms with Gasteiger partial charge in [-0.25, -0.2) is 0 Å². The molecule has 1 aromatic rings. The summed E-state index contributed by atoms with van der Waals surface area (Å²) in [4.78, 5) is 4.93. The van der Waals surface area contributed by atoms with Crippen molar-refractivity contribution in [3.05, 3.63) is 28.2 Å². The molecule has 0 aromatic heterocycles. The van der Waals surface area contributed by atoms with Crippen LogP contribution in [0, 0.1) is 0 Å². The fourth-order valence-corrected chi connectivity index (χ4v) is 3.59. The number of hydrogen-bond acceptors (Lipinski definition) is 4. The monoisotopic (exact) mass is 353 g/mol. The van der Waals surface area contributed by atoms with Crippen LogP contribution >= 0.6 is 15.9 Å². The van der Waals surface area contributed by atoms with Crippen LogP contribution < -0.4 is 10.6 Å². The van der Waals surface area contributed by atoms with Crippen molar-refractivity contribution in [2.75, 3.05) is 44.3 Å². The SMILES string of the molecule is N[C@@H]1CCCN(Cc2ccc(Br)cc2N2CCOCC2)C1. The fourth-order valence-electron chi connectivity index (χ4n) is 3.25. The number of piperidine rings is 1. The minimum atomic E-state index is 0.334. The highest BCUT2D eigenvalue weighted by atomic mass is 79.9. The van der Waals surface area contributed by atoms with Crippen molar-refractivity contribution in [3.63, 3.8) is 0 Å². The zero-order chi connectivity index (χ0) is 14.7. The molecule has 2 aliphatic rings. The Morgan fingerprint density at radius 3 is 2.81 bits per heavy atom. The highest BCUT2D eigenvalue weighted by Gasteiger charge is 2.20. The number of halogens is 1. The molecule has 0 aliphatic carbocycles. The largest absolute Gasteiger partial charge is 0.378 e. The van der Waals surface area contributed by atoms with Gasteiger partial charge in [-0.1, -0.05) is 22.0 Å². The predicted octanol–water partition coefficient (Wildman–Crippen LogP) is 2.21. The van der Waals surface area contributed by atoms with E-state index in [4.69, 9.17) is 10.5 Å². The van der Waals surface area contributed by atoms with E-state index in [2.05, 4.69) is 43.9 Å². The quantitative estimate of drug-likeness (QED) is 0.904. The fraction of sp³-hybridized carbons (Fsp3) is 0.625. The molecule has 0 saturated carbocycles. The molecule has 0 radical (unpaired) electrons. The highest BCUT2D eigenvalue weighted by molar-refractivity contribution is 9.10. The van der Waals surface area contributed by atoms with Crippen LogP contribution in [0.5, 0.6) is 0 Å². The summed E-state index contributed by atoms with van der Waals surface area (Å²) in [6, 6.07) is 6.96. The van der Waals surface area contributed by atoms with Gasteiger partial charge in [0.25, 0.3) is 0 Å². The molecule has 1 atom stereocenters. The summed E-state index contributed by atoms with van der Waals surface area (Å²) in [5.74, 6) is 0. The second kappa shape index (κ2) is 7.09. The Kier molecular flexibility index (Phi) is 5.16. The van der Waals surface area contributed by atoms with E-state index in [-0.39, 0.29) is 0 Å². The molecular weight excluding hydrogens is 330 g/mol. The standard InChI is InChI=1S/C16H24BrN3O/c17-14-4-3-13(11-19-5-1-2-15(18)12-19)16(10-14)20-6-8-21-9-7-20/h3-4,10,15H,1-2,5-9,11-12,18H2/t15-/m1/s1. The van der Waals surface area contributed by atoms with Gasteiger partial charge in [-0.05, 0) is 37.1 Å². The molecule has 2 saturated heterocycles. The molecule has 0 bridgehead atoms. The van der Waals surface area contributed by atoms with E-state index >= 15 is 0 Å². The van der Waals surface area contributed by atoms with E-state index in [0.29, 0.717) is 6.04 Å². The number of benzene rings is 1. The van der Waals surface area contributed by atoms with Gasteiger partial charge < -0.3 is 15.4 Å². The maximum absolute atomic E-state index is 6.11. The maximum atomic E-state index is 6.11. The van der Waals surface area contributed by atoms with Gasteiger partial charge in [0.05, 0.1) is 13.2 Å². The number of ether oxygens (including phenoxy) is 1. The molecule has 5 heteroatoms. The molecule has 2 fully saturated rings. The summed E-state index contributed by atoms with van der Waals surface area (Å²) >= 11 is 3.61. The molecule has 3 rings (SSSR count). The lowest BCUT2D eigenvalue weighted by atomic mass is 10.0. The van der Waals surface area contributed by atoms with Crippen LogP contribution in [0.2, 0.25) is 0 Å². The first-order valence-electron chi connectivity index (χ1n) is 7.81. The molecule has 0 amide bonds. The number of morpholine rings is 1. The summed E-state index contributed by atoms with van der Waals surface area (Å²) in [6.07, 6.45) is 2.37. The third-order valence-electron chi connectivity index (χ3n) is 4.34. The van der Waals surface area contributed by atoms with E-state index in [1.165, 1.54) is 17.7 Å². The molecule has 2 heterocycles. The third-order valence-corrected chi connectivity index (χ3v) is 4.83. The highest BCUT2D eigenvalue weighted by Crippen LogP contribution is 2.28. The van der Waals surface area contributed by atoms with Gasteiger partial charge in [-0.2, -0.15) is 0 Å². The Balaban J connectivity index is 1.77. The van der Waals surface area contributed by atoms with E-state index < -0.39 is 0 Å². The second-order valence-electron chi connectivity index (χ2n) is 6.01. The van der Waals surface area contributed by atoms with Gasteiger partial charge >= 0.3 is 0 Å². The lowest BCUT2D eigenvalue weighted by Gasteiger charge is -2.34. The molecule has 1 aromatic carbocycles. The Hall–Kier alpha value is -0.620. The van der Waals surface area contributed by atoms with Gasteiger partial charge in [-0.3, -0.25) is 4.90 Å². The minimum Gasteiger partial charge on any atom is -0.378 e. The first-order chi connectivity index (χ1) is 10.2. The molecule has 116 valence electrons. The van der Waals surface area contributed by atoms with Crippen molar-refractivity contribution >= 4 is 21.6 Å². The van der Waals surface area contributed by atoms with Gasteiger partial charge in [-0.15, -0.1) is 0 Å². The topological polar surface area (TPSA) is 41.7 Å². The van der Waals surface area contributed by atoms with E-state index in [0.717, 1.165) is 56.8 Å². The number of anilines is 1. The summed E-state index contributed by atoms with van der Waals surface area (Å²) in [6.45, 7) is 6.76. The van der Waals surface area contributed by atoms with Crippen molar-refractivity contribution in [3.8, 4) is 0 Å². The Bertz CT molecular complexity index is 477. The van der Waals surface area contributed by atoms with Crippen LogP contribution in [-0.4, -0.2) is 50.3 Å². The smallest absolute Gasteiger partial charge is 0.0642 e. The van der Waals surface area contributed by atoms with Crippen LogP contribution in [0.25, 0.3) is 0 Å². The zero-order valence-electron chi connectivity index (χ0n) is 12.4. The number of nitrogens with two attached hydrogens (primary N) is 1. The minimum absolute atomic E-state index is 0.334. The first-order valence-corrected chi connectivity index (χ1v) is 8.61. The molecule has 2 N–H and O–H groups in total. The summed E-state index contributed by atoms with van der Waals surface area (Å²) < 4.78 is 6.62. The van der Waals surface area contributed by atoms with Gasteiger partial charge in [0.1, 0.15) is 0 Å². The average Bonchev–Trinajstić information content (AvgIpc) is 2.50. The normalized spacial score (nSPS) is 24.3. The van der Waals surface area contributed by atoms with Crippen molar-refractivity contribution in [1.82, 2.24) is 4.90 Å². The first kappa shape index (κ1) is 15.3. The van der Waals surface area contributed by atoms with Gasteiger partial charge in [0.15, 0.2) is 0 Å². The summed E-state index contributed by atoms with van der Waals surface area (Å²) in [7, 11) is 0. The molecule has 0 unspecified atom stereocenters. The Labute approximate surface area is 135 Å². The predicted molar refractivity (Wildman–Crippen MR) is 89.7 cm³/mol. The number of rotatable bonds is 3. The summed E-state index contributed by atoms with van der Waals surface area (Å²) in [5, 5.41) is 0. The molecule has 4 nitrogen and oxygen atoms in total. The average molecular weight is 354 g/mol. The van der Waals surface area contributed by atoms with Crippen molar-refractivity contribution in [2.24, 2.45) is 5.73 Å². The third kappa shape index (κ3) is 3.97. The Morgan fingerprint density at radius 1 is 1.24 bits per heavy atom. The molecule has 2 aliphatic heterocycles. The van der Waals surface area contributed by atoms with Crippen LogP contribution in [0.15, 0.2) is 22.7 Å². The van der Waals surface area contributed by atoms with Crippen LogP contribution in [0.1, 0.15) is 18.4 Å². The maximum Gasteiger partial charge on any atom is 0.0642 e. The summed E-state index contributed by atoms with van der Waals surface area (Å²) in [5.41, 5.74) is 8.84. The van der Waals surface area contributed by atoms with Crippen molar-refractivity contribution in [1.29, 1.82) is 0 Å². The van der Waals surface area contributed by atoms with Gasteiger partial charge in [0, 0.05) is 42.4 Å². The molecular formula is C16H24BrN3O.